The summed E-state index contributed by atoms with van der Waals surface area (Å²) in [4.78, 5) is 25.4. The van der Waals surface area contributed by atoms with Gasteiger partial charge in [-0.1, -0.05) is 15.9 Å². The zero-order chi connectivity index (χ0) is 13.8. The largest absolute Gasteiger partial charge is 0.351 e. The maximum Gasteiger partial charge on any atom is 0.292 e. The normalized spacial score (nSPS) is 26.1. The van der Waals surface area contributed by atoms with E-state index < -0.39 is 22.0 Å². The lowest BCUT2D eigenvalue weighted by Gasteiger charge is -2.13. The lowest BCUT2D eigenvalue weighted by Crippen LogP contribution is -2.45. The average Bonchev–Trinajstić information content (AvgIpc) is 2.79. The maximum absolute atomic E-state index is 11.9. The molecular weight excluding hydrogens is 318 g/mol. The predicted octanol–water partition coefficient (Wildman–Crippen LogP) is -0.459. The maximum atomic E-state index is 11.9. The Kier molecular flexibility index (Phi) is 4.40. The number of halogens is 1. The van der Waals surface area contributed by atoms with Crippen molar-refractivity contribution < 1.29 is 9.72 Å². The third-order valence-electron chi connectivity index (χ3n) is 2.73. The number of hydrogen-bond acceptors (Lipinski definition) is 6. The van der Waals surface area contributed by atoms with E-state index in [0.717, 1.165) is 5.56 Å². The van der Waals surface area contributed by atoms with E-state index in [-0.39, 0.29) is 5.91 Å². The number of carbonyl (C=O) groups excluding carboxylic acids is 1. The van der Waals surface area contributed by atoms with Crippen LogP contribution in [-0.4, -0.2) is 32.8 Å². The molecule has 1 aromatic heterocycles. The van der Waals surface area contributed by atoms with Crippen molar-refractivity contribution in [2.75, 3.05) is 0 Å². The number of hydrazine groups is 1. The Morgan fingerprint density at radius 3 is 2.74 bits per heavy atom. The Bertz CT molecular complexity index is 471. The van der Waals surface area contributed by atoms with E-state index in [1.165, 1.54) is 0 Å². The van der Waals surface area contributed by atoms with Crippen LogP contribution in [0.25, 0.3) is 0 Å². The smallest absolute Gasteiger partial charge is 0.292 e. The molecule has 1 amide bonds. The number of aromatic nitrogens is 1. The van der Waals surface area contributed by atoms with Crippen LogP contribution in [0.3, 0.4) is 0 Å². The molecule has 3 atom stereocenters. The summed E-state index contributed by atoms with van der Waals surface area (Å²) in [6.45, 7) is 0.350. The first-order valence-electron chi connectivity index (χ1n) is 5.55. The fraction of sp³-hybridized carbons (Fsp3) is 0.400. The minimum Gasteiger partial charge on any atom is -0.351 e. The highest BCUT2D eigenvalue weighted by molar-refractivity contribution is 9.09. The van der Waals surface area contributed by atoms with Crippen LogP contribution < -0.4 is 16.2 Å². The number of amides is 1. The van der Waals surface area contributed by atoms with E-state index in [2.05, 4.69) is 37.1 Å². The third kappa shape index (κ3) is 3.25. The summed E-state index contributed by atoms with van der Waals surface area (Å²) in [6, 6.07) is 2.87. The van der Waals surface area contributed by atoms with Crippen molar-refractivity contribution in [2.45, 2.75) is 23.6 Å². The zero-order valence-corrected chi connectivity index (χ0v) is 11.3. The Morgan fingerprint density at radius 1 is 1.47 bits per heavy atom. The minimum absolute atomic E-state index is 0.310. The highest BCUT2D eigenvalue weighted by atomic mass is 79.9. The number of rotatable bonds is 4. The molecule has 0 spiro atoms. The van der Waals surface area contributed by atoms with Crippen LogP contribution in [0, 0.1) is 10.1 Å². The molecule has 1 saturated heterocycles. The second-order valence-corrected chi connectivity index (χ2v) is 5.07. The van der Waals surface area contributed by atoms with Crippen LogP contribution in [0.1, 0.15) is 5.56 Å². The van der Waals surface area contributed by atoms with Crippen molar-refractivity contribution in [3.63, 3.8) is 0 Å². The molecule has 0 aromatic carbocycles. The van der Waals surface area contributed by atoms with Gasteiger partial charge >= 0.3 is 0 Å². The van der Waals surface area contributed by atoms with E-state index in [4.69, 9.17) is 0 Å². The monoisotopic (exact) mass is 329 g/mol. The van der Waals surface area contributed by atoms with Gasteiger partial charge in [-0.25, -0.2) is 5.43 Å². The van der Waals surface area contributed by atoms with Crippen molar-refractivity contribution in [1.82, 2.24) is 21.2 Å². The quantitative estimate of drug-likeness (QED) is 0.392. The van der Waals surface area contributed by atoms with Crippen LogP contribution in [0.5, 0.6) is 0 Å². The molecular formula is C10H12BrN5O3. The van der Waals surface area contributed by atoms with Gasteiger partial charge in [0.15, 0.2) is 0 Å². The molecule has 2 heterocycles. The van der Waals surface area contributed by atoms with Crippen molar-refractivity contribution in [3.8, 4) is 0 Å². The number of carbonyl (C=O) groups is 1. The van der Waals surface area contributed by atoms with Crippen molar-refractivity contribution >= 4 is 21.8 Å². The van der Waals surface area contributed by atoms with E-state index in [9.17, 15) is 14.9 Å². The Balaban J connectivity index is 1.89. The molecule has 1 aromatic rings. The molecule has 9 heteroatoms. The second-order valence-electron chi connectivity index (χ2n) is 4.01. The van der Waals surface area contributed by atoms with Gasteiger partial charge in [-0.3, -0.25) is 19.9 Å². The SMILES string of the molecule is O=C(NCc1ccncc1)C1NNC([N+](=O)[O-])C1Br. The van der Waals surface area contributed by atoms with Gasteiger partial charge in [0.1, 0.15) is 10.9 Å². The van der Waals surface area contributed by atoms with E-state index >= 15 is 0 Å². The molecule has 8 nitrogen and oxygen atoms in total. The second kappa shape index (κ2) is 6.04. The topological polar surface area (TPSA) is 109 Å². The lowest BCUT2D eigenvalue weighted by atomic mass is 10.2. The Labute approximate surface area is 117 Å². The molecule has 0 saturated carbocycles. The number of nitrogens with one attached hydrogen (secondary N) is 3. The average molecular weight is 330 g/mol. The first kappa shape index (κ1) is 13.8. The van der Waals surface area contributed by atoms with Gasteiger partial charge < -0.3 is 5.32 Å². The van der Waals surface area contributed by atoms with E-state index in [1.807, 2.05) is 0 Å². The molecule has 3 N–H and O–H groups in total. The van der Waals surface area contributed by atoms with Crippen molar-refractivity contribution in [2.24, 2.45) is 0 Å². The van der Waals surface area contributed by atoms with Crippen LogP contribution in [-0.2, 0) is 11.3 Å². The summed E-state index contributed by atoms with van der Waals surface area (Å²) < 4.78 is 0. The van der Waals surface area contributed by atoms with Crippen molar-refractivity contribution in [1.29, 1.82) is 0 Å². The zero-order valence-electron chi connectivity index (χ0n) is 9.75. The summed E-state index contributed by atoms with van der Waals surface area (Å²) >= 11 is 3.16. The fourth-order valence-corrected chi connectivity index (χ4v) is 2.39. The Hall–Kier alpha value is -1.58. The number of nitro groups is 1. The number of pyridine rings is 1. The first-order chi connectivity index (χ1) is 9.09. The summed E-state index contributed by atoms with van der Waals surface area (Å²) in [5, 5.41) is 13.4. The number of nitrogens with zero attached hydrogens (tertiary/aromatic N) is 2. The van der Waals surface area contributed by atoms with Crippen molar-refractivity contribution in [3.05, 3.63) is 40.2 Å². The van der Waals surface area contributed by atoms with Gasteiger partial charge in [0.05, 0.1) is 0 Å². The van der Waals surface area contributed by atoms with Gasteiger partial charge in [-0.2, -0.15) is 5.43 Å². The van der Waals surface area contributed by atoms with Gasteiger partial charge in [-0.15, -0.1) is 0 Å². The molecule has 0 aliphatic carbocycles. The summed E-state index contributed by atoms with van der Waals surface area (Å²) in [6.07, 6.45) is 2.23. The van der Waals surface area contributed by atoms with Gasteiger partial charge in [0, 0.05) is 23.9 Å². The molecule has 1 aliphatic rings. The highest BCUT2D eigenvalue weighted by Gasteiger charge is 2.45. The summed E-state index contributed by atoms with van der Waals surface area (Å²) in [5.74, 6) is -0.310. The van der Waals surface area contributed by atoms with Crippen LogP contribution in [0.4, 0.5) is 0 Å². The summed E-state index contributed by atoms with van der Waals surface area (Å²) in [7, 11) is 0. The molecule has 0 bridgehead atoms. The van der Waals surface area contributed by atoms with E-state index in [0.29, 0.717) is 6.54 Å². The third-order valence-corrected chi connectivity index (χ3v) is 3.76. The van der Waals surface area contributed by atoms with Crippen LogP contribution >= 0.6 is 15.9 Å². The molecule has 19 heavy (non-hydrogen) atoms. The van der Waals surface area contributed by atoms with Gasteiger partial charge in [0.25, 0.3) is 6.17 Å². The van der Waals surface area contributed by atoms with Crippen LogP contribution in [0.2, 0.25) is 0 Å². The lowest BCUT2D eigenvalue weighted by molar-refractivity contribution is -0.525. The number of alkyl halides is 1. The minimum atomic E-state index is -1.03. The first-order valence-corrected chi connectivity index (χ1v) is 6.46. The molecule has 1 aliphatic heterocycles. The van der Waals surface area contributed by atoms with Gasteiger partial charge in [-0.05, 0) is 17.7 Å². The number of hydrogen-bond donors (Lipinski definition) is 3. The van der Waals surface area contributed by atoms with Gasteiger partial charge in [0.2, 0.25) is 5.91 Å². The molecule has 102 valence electrons. The van der Waals surface area contributed by atoms with E-state index in [1.54, 1.807) is 24.5 Å². The molecule has 2 rings (SSSR count). The molecule has 3 unspecified atom stereocenters. The molecule has 1 fully saturated rings. The molecule has 0 radical (unpaired) electrons. The van der Waals surface area contributed by atoms with Crippen LogP contribution in [0.15, 0.2) is 24.5 Å². The standard InChI is InChI=1S/C10H12BrN5O3/c11-7-8(14-15-9(7)16(18)19)10(17)13-5-6-1-3-12-4-2-6/h1-4,7-9,14-15H,5H2,(H,13,17). The Morgan fingerprint density at radius 2 is 2.16 bits per heavy atom. The predicted molar refractivity (Wildman–Crippen MR) is 69.6 cm³/mol. The fourth-order valence-electron chi connectivity index (χ4n) is 1.70. The highest BCUT2D eigenvalue weighted by Crippen LogP contribution is 2.16. The summed E-state index contributed by atoms with van der Waals surface area (Å²) in [5.41, 5.74) is 5.99.